The average Bonchev–Trinajstić information content (AvgIpc) is 2.39. The van der Waals surface area contributed by atoms with Gasteiger partial charge in [0.1, 0.15) is 5.75 Å². The highest BCUT2D eigenvalue weighted by atomic mass is 16.3. The zero-order chi connectivity index (χ0) is 16.0. The van der Waals surface area contributed by atoms with Crippen LogP contribution in [0.1, 0.15) is 37.5 Å². The number of nitrogens with zero attached hydrogens (tertiary/aromatic N) is 3. The van der Waals surface area contributed by atoms with Crippen molar-refractivity contribution in [2.75, 3.05) is 0 Å². The van der Waals surface area contributed by atoms with Gasteiger partial charge >= 0.3 is 0 Å². The third-order valence-corrected chi connectivity index (χ3v) is 2.81. The minimum Gasteiger partial charge on any atom is -0.507 e. The van der Waals surface area contributed by atoms with Crippen LogP contribution in [0.4, 0.5) is 0 Å². The lowest BCUT2D eigenvalue weighted by molar-refractivity contribution is 0.472. The number of hydrogen-bond acceptors (Lipinski definition) is 4. The molecule has 1 aromatic rings. The number of aromatic hydroxyl groups is 1. The molecule has 1 rings (SSSR count). The Morgan fingerprint density at radius 2 is 1.95 bits per heavy atom. The van der Waals surface area contributed by atoms with E-state index in [1.165, 1.54) is 6.21 Å². The van der Waals surface area contributed by atoms with E-state index < -0.39 is 0 Å². The Bertz CT molecular complexity index is 597. The van der Waals surface area contributed by atoms with E-state index in [1.54, 1.807) is 6.08 Å². The van der Waals surface area contributed by atoms with Crippen LogP contribution in [0.25, 0.3) is 6.08 Å². The molecule has 0 unspecified atom stereocenters. The van der Waals surface area contributed by atoms with Crippen LogP contribution in [0.3, 0.4) is 0 Å². The van der Waals surface area contributed by atoms with Gasteiger partial charge in [0.15, 0.2) is 0 Å². The molecule has 0 spiro atoms. The Kier molecular flexibility index (Phi) is 5.24. The lowest BCUT2D eigenvalue weighted by Crippen LogP contribution is -2.26. The number of hydrazone groups is 1. The first-order chi connectivity index (χ1) is 9.79. The molecule has 0 saturated heterocycles. The van der Waals surface area contributed by atoms with Crippen molar-refractivity contribution in [3.63, 3.8) is 0 Å². The zero-order valence-corrected chi connectivity index (χ0v) is 12.6. The third-order valence-electron chi connectivity index (χ3n) is 2.81. The van der Waals surface area contributed by atoms with Gasteiger partial charge < -0.3 is 10.8 Å². The molecule has 0 amide bonds. The Morgan fingerprint density at radius 3 is 2.48 bits per heavy atom. The summed E-state index contributed by atoms with van der Waals surface area (Å²) in [7, 11) is 0. The number of rotatable bonds is 4. The van der Waals surface area contributed by atoms with E-state index in [2.05, 4.69) is 54.8 Å². The Balaban J connectivity index is 3.23. The van der Waals surface area contributed by atoms with Crippen LogP contribution in [0.2, 0.25) is 0 Å². The van der Waals surface area contributed by atoms with Crippen LogP contribution in [0.15, 0.2) is 34.0 Å². The molecule has 0 radical (unpaired) electrons. The zero-order valence-electron chi connectivity index (χ0n) is 12.6. The van der Waals surface area contributed by atoms with E-state index >= 15 is 0 Å². The minimum absolute atomic E-state index is 0.0108. The third kappa shape index (κ3) is 4.45. The molecule has 0 aliphatic carbocycles. The fraction of sp³-hybridized carbons (Fsp3) is 0.267. The summed E-state index contributed by atoms with van der Waals surface area (Å²) in [6.07, 6.45) is 3.03. The number of guanidine groups is 1. The van der Waals surface area contributed by atoms with Crippen LogP contribution in [-0.2, 0) is 5.41 Å². The largest absolute Gasteiger partial charge is 0.507 e. The molecule has 0 atom stereocenters. The summed E-state index contributed by atoms with van der Waals surface area (Å²) in [5.74, 6) is 0.113. The molecule has 21 heavy (non-hydrogen) atoms. The summed E-state index contributed by atoms with van der Waals surface area (Å²) >= 11 is 0. The molecule has 6 heteroatoms. The molecule has 112 valence electrons. The molecular formula is C15H21N5O. The Morgan fingerprint density at radius 1 is 1.33 bits per heavy atom. The monoisotopic (exact) mass is 287 g/mol. The van der Waals surface area contributed by atoms with Crippen LogP contribution >= 0.6 is 0 Å². The number of nitrogens with two attached hydrogens (primary N) is 1. The minimum atomic E-state index is -0.0648. The molecule has 1 aromatic carbocycles. The van der Waals surface area contributed by atoms with E-state index in [1.807, 2.05) is 12.1 Å². The lowest BCUT2D eigenvalue weighted by Gasteiger charge is -2.21. The van der Waals surface area contributed by atoms with Crippen molar-refractivity contribution < 1.29 is 5.11 Å². The standard InChI is InChI=1S/C15H21N5O/c1-6-10-7-12(15(2,3)4)8-11(13(10)21)9-18-20-14(16)19-17-5/h6-9,21H,1,5H2,2-4H3,(H3,16,19,20). The molecule has 0 heterocycles. The van der Waals surface area contributed by atoms with Gasteiger partial charge in [-0.15, -0.1) is 5.10 Å². The van der Waals surface area contributed by atoms with Gasteiger partial charge in [0, 0.05) is 17.8 Å². The molecule has 6 nitrogen and oxygen atoms in total. The SMILES string of the molecule is C=Cc1cc(C(C)(C)C)cc(C=NN=C(N)NN=C)c1O. The molecule has 0 aliphatic heterocycles. The maximum atomic E-state index is 10.2. The first-order valence-corrected chi connectivity index (χ1v) is 6.37. The summed E-state index contributed by atoms with van der Waals surface area (Å²) in [6, 6.07) is 3.76. The molecule has 0 aliphatic rings. The highest BCUT2D eigenvalue weighted by Crippen LogP contribution is 2.30. The van der Waals surface area contributed by atoms with Gasteiger partial charge in [-0.25, -0.2) is 5.43 Å². The molecular weight excluding hydrogens is 266 g/mol. The maximum absolute atomic E-state index is 10.2. The van der Waals surface area contributed by atoms with Crippen LogP contribution in [0, 0.1) is 0 Å². The smallest absolute Gasteiger partial charge is 0.234 e. The van der Waals surface area contributed by atoms with Crippen molar-refractivity contribution >= 4 is 25.0 Å². The highest BCUT2D eigenvalue weighted by molar-refractivity contribution is 5.87. The fourth-order valence-electron chi connectivity index (χ4n) is 1.62. The van der Waals surface area contributed by atoms with Gasteiger partial charge in [0.25, 0.3) is 0 Å². The predicted molar refractivity (Wildman–Crippen MR) is 88.8 cm³/mol. The maximum Gasteiger partial charge on any atom is 0.234 e. The first-order valence-electron chi connectivity index (χ1n) is 6.37. The summed E-state index contributed by atoms with van der Waals surface area (Å²) in [5.41, 5.74) is 9.99. The number of phenols is 1. The quantitative estimate of drug-likeness (QED) is 0.450. The summed E-state index contributed by atoms with van der Waals surface area (Å²) in [4.78, 5) is 0. The van der Waals surface area contributed by atoms with Gasteiger partial charge in [-0.3, -0.25) is 0 Å². The first kappa shape index (κ1) is 16.4. The average molecular weight is 287 g/mol. The van der Waals surface area contributed by atoms with Gasteiger partial charge in [-0.05, 0) is 23.1 Å². The van der Waals surface area contributed by atoms with Crippen molar-refractivity contribution in [1.82, 2.24) is 5.43 Å². The van der Waals surface area contributed by atoms with Crippen LogP contribution < -0.4 is 11.2 Å². The molecule has 4 N–H and O–H groups in total. The predicted octanol–water partition coefficient (Wildman–Crippen LogP) is 2.19. The van der Waals surface area contributed by atoms with Gasteiger partial charge in [0.2, 0.25) is 5.96 Å². The molecule has 0 aromatic heterocycles. The second-order valence-electron chi connectivity index (χ2n) is 5.46. The molecule has 0 bridgehead atoms. The van der Waals surface area contributed by atoms with E-state index in [0.29, 0.717) is 11.1 Å². The Labute approximate surface area is 124 Å². The van der Waals surface area contributed by atoms with Crippen molar-refractivity contribution in [2.24, 2.45) is 21.0 Å². The Hall–Kier alpha value is -2.63. The van der Waals surface area contributed by atoms with E-state index in [-0.39, 0.29) is 17.1 Å². The number of nitrogens with one attached hydrogen (secondary N) is 1. The summed E-state index contributed by atoms with van der Waals surface area (Å²) in [5, 5.41) is 21.0. The van der Waals surface area contributed by atoms with Gasteiger partial charge in [-0.2, -0.15) is 10.2 Å². The van der Waals surface area contributed by atoms with E-state index in [4.69, 9.17) is 5.73 Å². The van der Waals surface area contributed by atoms with Crippen molar-refractivity contribution in [3.8, 4) is 5.75 Å². The van der Waals surface area contributed by atoms with E-state index in [9.17, 15) is 5.11 Å². The van der Waals surface area contributed by atoms with Gasteiger partial charge in [-0.1, -0.05) is 33.4 Å². The lowest BCUT2D eigenvalue weighted by atomic mass is 9.85. The second kappa shape index (κ2) is 6.69. The second-order valence-corrected chi connectivity index (χ2v) is 5.46. The normalized spacial score (nSPS) is 12.4. The highest BCUT2D eigenvalue weighted by Gasteiger charge is 2.17. The number of benzene rings is 1. The van der Waals surface area contributed by atoms with Crippen LogP contribution in [-0.4, -0.2) is 24.0 Å². The van der Waals surface area contributed by atoms with Gasteiger partial charge in [0.05, 0.1) is 6.21 Å². The summed E-state index contributed by atoms with van der Waals surface area (Å²) < 4.78 is 0. The molecule has 0 fully saturated rings. The summed E-state index contributed by atoms with van der Waals surface area (Å²) in [6.45, 7) is 13.2. The van der Waals surface area contributed by atoms with Crippen LogP contribution in [0.5, 0.6) is 5.75 Å². The van der Waals surface area contributed by atoms with E-state index in [0.717, 1.165) is 5.56 Å². The fourth-order valence-corrected chi connectivity index (χ4v) is 1.62. The van der Waals surface area contributed by atoms with Crippen molar-refractivity contribution in [3.05, 3.63) is 35.4 Å². The number of phenolic OH excluding ortho intramolecular Hbond substituents is 1. The topological polar surface area (TPSA) is 95.4 Å². The van der Waals surface area contributed by atoms with Crippen molar-refractivity contribution in [2.45, 2.75) is 26.2 Å². The molecule has 0 saturated carbocycles. The number of hydrogen-bond donors (Lipinski definition) is 3. The van der Waals surface area contributed by atoms with Crippen molar-refractivity contribution in [1.29, 1.82) is 0 Å².